The van der Waals surface area contributed by atoms with Crippen LogP contribution in [0.4, 0.5) is 0 Å². The number of hydrogen-bond donors (Lipinski definition) is 1. The molecule has 0 aliphatic heterocycles. The standard InChI is InChI=1S/C16H16ClNO2/c1-12-4-2-5-13(8-12)10-18-16(19)11-20-15-7-3-6-14(17)9-15/h2-9H,10-11H2,1H3,(H,18,19). The first-order valence-electron chi connectivity index (χ1n) is 6.34. The largest absolute Gasteiger partial charge is 0.484 e. The van der Waals surface area contributed by atoms with Crippen LogP contribution in [0, 0.1) is 6.92 Å². The van der Waals surface area contributed by atoms with Gasteiger partial charge in [0, 0.05) is 11.6 Å². The van der Waals surface area contributed by atoms with Gasteiger partial charge in [-0.05, 0) is 30.7 Å². The van der Waals surface area contributed by atoms with Gasteiger partial charge in [0.1, 0.15) is 5.75 Å². The molecule has 0 aliphatic rings. The van der Waals surface area contributed by atoms with Crippen LogP contribution >= 0.6 is 11.6 Å². The Morgan fingerprint density at radius 2 is 2.00 bits per heavy atom. The number of carbonyl (C=O) groups is 1. The highest BCUT2D eigenvalue weighted by Crippen LogP contribution is 2.16. The molecule has 0 aliphatic carbocycles. The fourth-order valence-electron chi connectivity index (χ4n) is 1.78. The van der Waals surface area contributed by atoms with E-state index in [1.54, 1.807) is 24.3 Å². The molecule has 2 aromatic rings. The van der Waals surface area contributed by atoms with Crippen molar-refractivity contribution >= 4 is 17.5 Å². The van der Waals surface area contributed by atoms with Crippen molar-refractivity contribution in [2.24, 2.45) is 0 Å². The summed E-state index contributed by atoms with van der Waals surface area (Å²) in [5.41, 5.74) is 2.24. The molecule has 0 unspecified atom stereocenters. The Kier molecular flexibility index (Phi) is 5.02. The average Bonchev–Trinajstić information content (AvgIpc) is 2.43. The first-order valence-corrected chi connectivity index (χ1v) is 6.72. The summed E-state index contributed by atoms with van der Waals surface area (Å²) in [5, 5.41) is 3.40. The van der Waals surface area contributed by atoms with E-state index < -0.39 is 0 Å². The molecule has 2 aromatic carbocycles. The average molecular weight is 290 g/mol. The zero-order chi connectivity index (χ0) is 14.4. The number of benzene rings is 2. The lowest BCUT2D eigenvalue weighted by molar-refractivity contribution is -0.123. The highest BCUT2D eigenvalue weighted by molar-refractivity contribution is 6.30. The Bertz CT molecular complexity index is 547. The molecular weight excluding hydrogens is 274 g/mol. The van der Waals surface area contributed by atoms with Gasteiger partial charge in [0.15, 0.2) is 6.61 Å². The summed E-state index contributed by atoms with van der Waals surface area (Å²) in [7, 11) is 0. The molecule has 104 valence electrons. The monoisotopic (exact) mass is 289 g/mol. The SMILES string of the molecule is Cc1cccc(CNC(=O)COc2cccc(Cl)c2)c1. The van der Waals surface area contributed by atoms with Crippen LogP contribution in [0.25, 0.3) is 0 Å². The van der Waals surface area contributed by atoms with Gasteiger partial charge in [0.2, 0.25) is 0 Å². The molecule has 1 N–H and O–H groups in total. The molecule has 0 spiro atoms. The lowest BCUT2D eigenvalue weighted by Gasteiger charge is -2.08. The summed E-state index contributed by atoms with van der Waals surface area (Å²) >= 11 is 5.84. The molecule has 0 bridgehead atoms. The zero-order valence-electron chi connectivity index (χ0n) is 11.2. The molecule has 0 saturated heterocycles. The summed E-state index contributed by atoms with van der Waals surface area (Å²) in [6.07, 6.45) is 0. The van der Waals surface area contributed by atoms with E-state index in [1.807, 2.05) is 31.2 Å². The number of rotatable bonds is 5. The van der Waals surface area contributed by atoms with E-state index in [4.69, 9.17) is 16.3 Å². The van der Waals surface area contributed by atoms with Gasteiger partial charge in [-0.15, -0.1) is 0 Å². The predicted octanol–water partition coefficient (Wildman–Crippen LogP) is 3.34. The number of carbonyl (C=O) groups excluding carboxylic acids is 1. The number of ether oxygens (including phenoxy) is 1. The van der Waals surface area contributed by atoms with Crippen molar-refractivity contribution in [2.75, 3.05) is 6.61 Å². The van der Waals surface area contributed by atoms with Crippen LogP contribution in [0.1, 0.15) is 11.1 Å². The van der Waals surface area contributed by atoms with Crippen molar-refractivity contribution in [3.63, 3.8) is 0 Å². The van der Waals surface area contributed by atoms with E-state index in [0.29, 0.717) is 17.3 Å². The first kappa shape index (κ1) is 14.4. The minimum absolute atomic E-state index is 0.0217. The van der Waals surface area contributed by atoms with Crippen molar-refractivity contribution in [3.05, 3.63) is 64.7 Å². The second-order valence-corrected chi connectivity index (χ2v) is 4.95. The maximum Gasteiger partial charge on any atom is 0.258 e. The van der Waals surface area contributed by atoms with Gasteiger partial charge >= 0.3 is 0 Å². The van der Waals surface area contributed by atoms with Gasteiger partial charge in [-0.25, -0.2) is 0 Å². The fraction of sp³-hybridized carbons (Fsp3) is 0.188. The Hall–Kier alpha value is -2.00. The minimum Gasteiger partial charge on any atom is -0.484 e. The third-order valence-corrected chi connectivity index (χ3v) is 2.97. The number of amides is 1. The second kappa shape index (κ2) is 6.96. The summed E-state index contributed by atoms with van der Waals surface area (Å²) in [6, 6.07) is 15.0. The van der Waals surface area contributed by atoms with Crippen LogP contribution in [-0.4, -0.2) is 12.5 Å². The molecule has 0 atom stereocenters. The first-order chi connectivity index (χ1) is 9.63. The van der Waals surface area contributed by atoms with Gasteiger partial charge in [-0.2, -0.15) is 0 Å². The summed E-state index contributed by atoms with van der Waals surface area (Å²) < 4.78 is 5.36. The number of aryl methyl sites for hydroxylation is 1. The van der Waals surface area contributed by atoms with Crippen LogP contribution in [0.15, 0.2) is 48.5 Å². The van der Waals surface area contributed by atoms with Crippen LogP contribution in [0.2, 0.25) is 5.02 Å². The van der Waals surface area contributed by atoms with Gasteiger partial charge in [0.05, 0.1) is 0 Å². The van der Waals surface area contributed by atoms with Crippen molar-refractivity contribution in [3.8, 4) is 5.75 Å². The van der Waals surface area contributed by atoms with Crippen molar-refractivity contribution in [1.82, 2.24) is 5.32 Å². The Balaban J connectivity index is 1.78. The third-order valence-electron chi connectivity index (χ3n) is 2.74. The van der Waals surface area contributed by atoms with Crippen molar-refractivity contribution < 1.29 is 9.53 Å². The van der Waals surface area contributed by atoms with Gasteiger partial charge in [-0.1, -0.05) is 47.5 Å². The van der Waals surface area contributed by atoms with Crippen LogP contribution in [-0.2, 0) is 11.3 Å². The maximum absolute atomic E-state index is 11.7. The van der Waals surface area contributed by atoms with E-state index in [2.05, 4.69) is 5.32 Å². The number of halogens is 1. The Morgan fingerprint density at radius 1 is 1.20 bits per heavy atom. The van der Waals surface area contributed by atoms with Crippen LogP contribution < -0.4 is 10.1 Å². The fourth-order valence-corrected chi connectivity index (χ4v) is 1.96. The van der Waals surface area contributed by atoms with E-state index >= 15 is 0 Å². The minimum atomic E-state index is -0.161. The quantitative estimate of drug-likeness (QED) is 0.917. The number of hydrogen-bond acceptors (Lipinski definition) is 2. The van der Waals surface area contributed by atoms with E-state index in [0.717, 1.165) is 5.56 Å². The smallest absolute Gasteiger partial charge is 0.258 e. The third kappa shape index (κ3) is 4.59. The maximum atomic E-state index is 11.7. The van der Waals surface area contributed by atoms with Crippen molar-refractivity contribution in [2.45, 2.75) is 13.5 Å². The number of nitrogens with one attached hydrogen (secondary N) is 1. The molecule has 4 heteroatoms. The molecular formula is C16H16ClNO2. The highest BCUT2D eigenvalue weighted by atomic mass is 35.5. The van der Waals surface area contributed by atoms with E-state index in [-0.39, 0.29) is 12.5 Å². The molecule has 1 amide bonds. The molecule has 2 rings (SSSR count). The van der Waals surface area contributed by atoms with Gasteiger partial charge in [0.25, 0.3) is 5.91 Å². The topological polar surface area (TPSA) is 38.3 Å². The Labute approximate surface area is 123 Å². The molecule has 3 nitrogen and oxygen atoms in total. The lowest BCUT2D eigenvalue weighted by Crippen LogP contribution is -2.28. The predicted molar refractivity (Wildman–Crippen MR) is 80.0 cm³/mol. The molecule has 20 heavy (non-hydrogen) atoms. The van der Waals surface area contributed by atoms with Crippen molar-refractivity contribution in [1.29, 1.82) is 0 Å². The zero-order valence-corrected chi connectivity index (χ0v) is 12.0. The Morgan fingerprint density at radius 3 is 2.75 bits per heavy atom. The lowest BCUT2D eigenvalue weighted by atomic mass is 10.1. The normalized spacial score (nSPS) is 10.1. The van der Waals surface area contributed by atoms with E-state index in [1.165, 1.54) is 5.56 Å². The highest BCUT2D eigenvalue weighted by Gasteiger charge is 2.03. The summed E-state index contributed by atoms with van der Waals surface area (Å²) in [5.74, 6) is 0.426. The van der Waals surface area contributed by atoms with Crippen LogP contribution in [0.5, 0.6) is 5.75 Å². The van der Waals surface area contributed by atoms with Gasteiger partial charge in [-0.3, -0.25) is 4.79 Å². The molecule has 0 aromatic heterocycles. The summed E-state index contributed by atoms with van der Waals surface area (Å²) in [4.78, 5) is 11.7. The van der Waals surface area contributed by atoms with Crippen LogP contribution in [0.3, 0.4) is 0 Å². The molecule has 0 heterocycles. The molecule has 0 fully saturated rings. The molecule has 0 radical (unpaired) electrons. The second-order valence-electron chi connectivity index (χ2n) is 4.51. The molecule has 0 saturated carbocycles. The van der Waals surface area contributed by atoms with Gasteiger partial charge < -0.3 is 10.1 Å². The summed E-state index contributed by atoms with van der Waals surface area (Å²) in [6.45, 7) is 2.50. The van der Waals surface area contributed by atoms with E-state index in [9.17, 15) is 4.79 Å².